The maximum atomic E-state index is 8.90. The number of aromatic nitrogens is 2. The van der Waals surface area contributed by atoms with E-state index in [1.165, 1.54) is 19.0 Å². The third kappa shape index (κ3) is 1.12. The quantitative estimate of drug-likeness (QED) is 0.662. The molecule has 0 bridgehead atoms. The number of aromatic hydroxyl groups is 1. The minimum atomic E-state index is 0.264. The van der Waals surface area contributed by atoms with E-state index < -0.39 is 0 Å². The standard InChI is InChI=1S/C7H10N2O/c10-7-3-8-9(5-7)4-6-1-2-6/h3,5-6,10H,1-2,4H2. The predicted octanol–water partition coefficient (Wildman–Crippen LogP) is 0.999. The lowest BCUT2D eigenvalue weighted by molar-refractivity contribution is 0.472. The highest BCUT2D eigenvalue weighted by atomic mass is 16.3. The van der Waals surface area contributed by atoms with Crippen LogP contribution < -0.4 is 0 Å². The van der Waals surface area contributed by atoms with Crippen molar-refractivity contribution in [2.24, 2.45) is 5.92 Å². The van der Waals surface area contributed by atoms with Crippen molar-refractivity contribution in [3.63, 3.8) is 0 Å². The lowest BCUT2D eigenvalue weighted by atomic mass is 10.4. The fourth-order valence-corrected chi connectivity index (χ4v) is 1.02. The molecule has 0 atom stereocenters. The highest BCUT2D eigenvalue weighted by molar-refractivity contribution is 5.08. The van der Waals surface area contributed by atoms with Gasteiger partial charge in [0, 0.05) is 6.54 Å². The lowest BCUT2D eigenvalue weighted by Gasteiger charge is -1.94. The molecule has 0 radical (unpaired) electrons. The summed E-state index contributed by atoms with van der Waals surface area (Å²) >= 11 is 0. The van der Waals surface area contributed by atoms with Crippen LogP contribution in [0.25, 0.3) is 0 Å². The lowest BCUT2D eigenvalue weighted by Crippen LogP contribution is -1.98. The molecule has 1 aromatic heterocycles. The zero-order valence-corrected chi connectivity index (χ0v) is 5.70. The SMILES string of the molecule is Oc1cnn(CC2CC2)c1. The number of hydrogen-bond donors (Lipinski definition) is 1. The van der Waals surface area contributed by atoms with Crippen molar-refractivity contribution in [1.29, 1.82) is 0 Å². The second-order valence-electron chi connectivity index (χ2n) is 2.86. The molecule has 1 aliphatic carbocycles. The molecule has 0 aliphatic heterocycles. The van der Waals surface area contributed by atoms with Crippen LogP contribution in [0, 0.1) is 5.92 Å². The van der Waals surface area contributed by atoms with Gasteiger partial charge in [-0.3, -0.25) is 4.68 Å². The first kappa shape index (κ1) is 5.77. The third-order valence-corrected chi connectivity index (χ3v) is 1.76. The van der Waals surface area contributed by atoms with Gasteiger partial charge in [-0.15, -0.1) is 0 Å². The normalized spacial score (nSPS) is 17.6. The summed E-state index contributed by atoms with van der Waals surface area (Å²) in [6.07, 6.45) is 5.78. The highest BCUT2D eigenvalue weighted by Gasteiger charge is 2.21. The van der Waals surface area contributed by atoms with E-state index in [2.05, 4.69) is 5.10 Å². The molecule has 0 unspecified atom stereocenters. The third-order valence-electron chi connectivity index (χ3n) is 1.76. The van der Waals surface area contributed by atoms with Crippen LogP contribution in [0.3, 0.4) is 0 Å². The van der Waals surface area contributed by atoms with E-state index in [4.69, 9.17) is 5.11 Å². The summed E-state index contributed by atoms with van der Waals surface area (Å²) in [6, 6.07) is 0. The van der Waals surface area contributed by atoms with E-state index in [-0.39, 0.29) is 5.75 Å². The Morgan fingerprint density at radius 3 is 3.00 bits per heavy atom. The van der Waals surface area contributed by atoms with Crippen LogP contribution in [0.1, 0.15) is 12.8 Å². The first-order chi connectivity index (χ1) is 4.84. The molecule has 0 amide bonds. The Hall–Kier alpha value is -0.990. The fraction of sp³-hybridized carbons (Fsp3) is 0.571. The van der Waals surface area contributed by atoms with E-state index in [9.17, 15) is 0 Å². The fourth-order valence-electron chi connectivity index (χ4n) is 1.02. The van der Waals surface area contributed by atoms with Crippen molar-refractivity contribution in [2.45, 2.75) is 19.4 Å². The van der Waals surface area contributed by atoms with Crippen molar-refractivity contribution in [1.82, 2.24) is 9.78 Å². The highest BCUT2D eigenvalue weighted by Crippen LogP contribution is 2.30. The molecule has 1 aliphatic rings. The van der Waals surface area contributed by atoms with Crippen LogP contribution in [0.2, 0.25) is 0 Å². The van der Waals surface area contributed by atoms with Crippen molar-refractivity contribution < 1.29 is 5.11 Å². The van der Waals surface area contributed by atoms with Crippen molar-refractivity contribution in [2.75, 3.05) is 0 Å². The van der Waals surface area contributed by atoms with Gasteiger partial charge in [0.2, 0.25) is 0 Å². The molecule has 0 spiro atoms. The van der Waals surface area contributed by atoms with E-state index in [0.717, 1.165) is 12.5 Å². The summed E-state index contributed by atoms with van der Waals surface area (Å²) in [4.78, 5) is 0. The molecular formula is C7H10N2O. The molecule has 10 heavy (non-hydrogen) atoms. The maximum absolute atomic E-state index is 8.90. The summed E-state index contributed by atoms with van der Waals surface area (Å²) in [5.74, 6) is 1.08. The Morgan fingerprint density at radius 2 is 2.50 bits per heavy atom. The van der Waals surface area contributed by atoms with Gasteiger partial charge in [-0.1, -0.05) is 0 Å². The molecule has 1 fully saturated rings. The van der Waals surface area contributed by atoms with Crippen LogP contribution in [0.4, 0.5) is 0 Å². The van der Waals surface area contributed by atoms with Gasteiger partial charge in [0.1, 0.15) is 0 Å². The maximum Gasteiger partial charge on any atom is 0.153 e. The van der Waals surface area contributed by atoms with Crippen molar-refractivity contribution in [3.8, 4) is 5.75 Å². The predicted molar refractivity (Wildman–Crippen MR) is 36.6 cm³/mol. The molecule has 3 heteroatoms. The Bertz CT molecular complexity index is 227. The minimum absolute atomic E-state index is 0.264. The summed E-state index contributed by atoms with van der Waals surface area (Å²) in [5.41, 5.74) is 0. The monoisotopic (exact) mass is 138 g/mol. The van der Waals surface area contributed by atoms with E-state index >= 15 is 0 Å². The molecule has 1 saturated carbocycles. The van der Waals surface area contributed by atoms with Gasteiger partial charge in [0.15, 0.2) is 5.75 Å². The number of rotatable bonds is 2. The van der Waals surface area contributed by atoms with E-state index in [1.54, 1.807) is 10.9 Å². The van der Waals surface area contributed by atoms with Crippen molar-refractivity contribution >= 4 is 0 Å². The molecular weight excluding hydrogens is 128 g/mol. The topological polar surface area (TPSA) is 38.1 Å². The summed E-state index contributed by atoms with van der Waals surface area (Å²) in [7, 11) is 0. The van der Waals surface area contributed by atoms with E-state index in [1.807, 2.05) is 0 Å². The van der Waals surface area contributed by atoms with Crippen LogP contribution in [0.15, 0.2) is 12.4 Å². The van der Waals surface area contributed by atoms with Gasteiger partial charge in [0.05, 0.1) is 12.4 Å². The molecule has 1 heterocycles. The number of nitrogens with zero attached hydrogens (tertiary/aromatic N) is 2. The van der Waals surface area contributed by atoms with Gasteiger partial charge < -0.3 is 5.11 Å². The summed E-state index contributed by atoms with van der Waals surface area (Å²) in [6.45, 7) is 0.973. The average molecular weight is 138 g/mol. The van der Waals surface area contributed by atoms with Gasteiger partial charge in [-0.2, -0.15) is 5.10 Å². The van der Waals surface area contributed by atoms with Gasteiger partial charge in [-0.05, 0) is 18.8 Å². The van der Waals surface area contributed by atoms with Crippen LogP contribution in [-0.4, -0.2) is 14.9 Å². The summed E-state index contributed by atoms with van der Waals surface area (Å²) < 4.78 is 1.80. The van der Waals surface area contributed by atoms with Crippen LogP contribution >= 0.6 is 0 Å². The van der Waals surface area contributed by atoms with Crippen molar-refractivity contribution in [3.05, 3.63) is 12.4 Å². The molecule has 1 N–H and O–H groups in total. The van der Waals surface area contributed by atoms with Gasteiger partial charge in [-0.25, -0.2) is 0 Å². The largest absolute Gasteiger partial charge is 0.505 e. The average Bonchev–Trinajstić information content (AvgIpc) is 2.59. The zero-order chi connectivity index (χ0) is 6.97. The molecule has 3 nitrogen and oxygen atoms in total. The molecule has 0 aromatic carbocycles. The minimum Gasteiger partial charge on any atom is -0.505 e. The number of hydrogen-bond acceptors (Lipinski definition) is 2. The Morgan fingerprint density at radius 1 is 1.70 bits per heavy atom. The van der Waals surface area contributed by atoms with Gasteiger partial charge in [0.25, 0.3) is 0 Å². The molecule has 1 aromatic rings. The Balaban J connectivity index is 2.03. The first-order valence-electron chi connectivity index (χ1n) is 3.56. The molecule has 54 valence electrons. The zero-order valence-electron chi connectivity index (χ0n) is 5.70. The van der Waals surface area contributed by atoms with Crippen LogP contribution in [0.5, 0.6) is 5.75 Å². The Kier molecular flexibility index (Phi) is 1.16. The smallest absolute Gasteiger partial charge is 0.153 e. The van der Waals surface area contributed by atoms with Crippen LogP contribution in [-0.2, 0) is 6.54 Å². The molecule has 0 saturated heterocycles. The van der Waals surface area contributed by atoms with Gasteiger partial charge >= 0.3 is 0 Å². The second kappa shape index (κ2) is 2.01. The second-order valence-corrected chi connectivity index (χ2v) is 2.86. The summed E-state index contributed by atoms with van der Waals surface area (Å²) in [5, 5.41) is 12.9. The first-order valence-corrected chi connectivity index (χ1v) is 3.56. The van der Waals surface area contributed by atoms with E-state index in [0.29, 0.717) is 0 Å². The molecule has 2 rings (SSSR count). The Labute approximate surface area is 59.3 Å².